The molecule has 2 aliphatic heterocycles. The second-order valence-corrected chi connectivity index (χ2v) is 10.1. The lowest BCUT2D eigenvalue weighted by Crippen LogP contribution is -2.70. The van der Waals surface area contributed by atoms with Crippen LogP contribution in [0.3, 0.4) is 0 Å². The summed E-state index contributed by atoms with van der Waals surface area (Å²) in [6, 6.07) is 0. The van der Waals surface area contributed by atoms with Gasteiger partial charge in [-0.15, -0.1) is 0 Å². The number of carbonyl (C=O) groups is 2. The maximum atomic E-state index is 13.0. The molecule has 5 nitrogen and oxygen atoms in total. The minimum Gasteiger partial charge on any atom is -0.466 e. The molecule has 4 fully saturated rings. The average Bonchev–Trinajstić information content (AvgIpc) is 3.23. The lowest BCUT2D eigenvalue weighted by atomic mass is 9.43. The van der Waals surface area contributed by atoms with E-state index in [4.69, 9.17) is 14.2 Å². The number of carbonyl (C=O) groups excluding carboxylic acids is 2. The summed E-state index contributed by atoms with van der Waals surface area (Å²) in [6.07, 6.45) is 5.36. The summed E-state index contributed by atoms with van der Waals surface area (Å²) < 4.78 is 17.6. The molecule has 4 rings (SSSR count). The Kier molecular flexibility index (Phi) is 3.54. The van der Waals surface area contributed by atoms with Crippen LogP contribution in [-0.2, 0) is 23.8 Å². The van der Waals surface area contributed by atoms with Gasteiger partial charge in [-0.1, -0.05) is 41.0 Å². The van der Waals surface area contributed by atoms with Crippen molar-refractivity contribution in [3.05, 3.63) is 0 Å². The van der Waals surface area contributed by atoms with E-state index in [-0.39, 0.29) is 29.1 Å². The van der Waals surface area contributed by atoms with Crippen LogP contribution in [0.4, 0.5) is 0 Å². The number of ether oxygens (including phenoxy) is 3. The van der Waals surface area contributed by atoms with Crippen LogP contribution >= 0.6 is 0 Å². The van der Waals surface area contributed by atoms with Gasteiger partial charge in [0.25, 0.3) is 0 Å². The maximum absolute atomic E-state index is 13.0. The molecule has 0 aromatic heterocycles. The van der Waals surface area contributed by atoms with E-state index >= 15 is 0 Å². The Hall–Kier alpha value is -1.10. The normalized spacial score (nSPS) is 48.7. The summed E-state index contributed by atoms with van der Waals surface area (Å²) in [5.41, 5.74) is -2.59. The van der Waals surface area contributed by atoms with Crippen LogP contribution in [0.1, 0.15) is 73.1 Å². The second-order valence-electron chi connectivity index (χ2n) is 10.1. The van der Waals surface area contributed by atoms with Crippen molar-refractivity contribution in [1.82, 2.24) is 0 Å². The fraction of sp³-hybridized carbons (Fsp3) is 0.905. The molecule has 146 valence electrons. The first kappa shape index (κ1) is 18.3. The van der Waals surface area contributed by atoms with Crippen LogP contribution in [0.2, 0.25) is 0 Å². The van der Waals surface area contributed by atoms with Gasteiger partial charge in [-0.2, -0.15) is 0 Å². The van der Waals surface area contributed by atoms with E-state index in [2.05, 4.69) is 20.8 Å². The highest BCUT2D eigenvalue weighted by molar-refractivity contribution is 5.90. The van der Waals surface area contributed by atoms with Crippen LogP contribution in [0, 0.1) is 22.7 Å². The van der Waals surface area contributed by atoms with Crippen LogP contribution < -0.4 is 0 Å². The van der Waals surface area contributed by atoms with Gasteiger partial charge in [-0.25, -0.2) is 4.79 Å². The molecule has 2 saturated carbocycles. The highest BCUT2D eigenvalue weighted by Gasteiger charge is 2.92. The van der Waals surface area contributed by atoms with Crippen molar-refractivity contribution in [2.75, 3.05) is 7.11 Å². The van der Waals surface area contributed by atoms with Gasteiger partial charge in [0.05, 0.1) is 13.5 Å². The van der Waals surface area contributed by atoms with Crippen molar-refractivity contribution in [2.24, 2.45) is 22.7 Å². The Morgan fingerprint density at radius 2 is 1.85 bits per heavy atom. The SMILES string of the molecule is COC(=O)C1(C(C)C)OC(=O)C[C@]23O[C@]12CCC1C(C)(C)CCC[C@@]13C. The van der Waals surface area contributed by atoms with E-state index < -0.39 is 22.8 Å². The first-order chi connectivity index (χ1) is 12.0. The molecule has 5 atom stereocenters. The highest BCUT2D eigenvalue weighted by Crippen LogP contribution is 2.79. The van der Waals surface area contributed by atoms with Gasteiger partial charge in [0.2, 0.25) is 5.60 Å². The molecule has 0 aromatic rings. The predicted octanol–water partition coefficient (Wildman–Crippen LogP) is 3.64. The average molecular weight is 364 g/mol. The van der Waals surface area contributed by atoms with Crippen molar-refractivity contribution in [1.29, 1.82) is 0 Å². The minimum atomic E-state index is -1.34. The number of cyclic esters (lactones) is 1. The van der Waals surface area contributed by atoms with Gasteiger partial charge in [-0.05, 0) is 37.0 Å². The summed E-state index contributed by atoms with van der Waals surface area (Å²) in [6.45, 7) is 10.8. The molecule has 0 aromatic carbocycles. The quantitative estimate of drug-likeness (QED) is 0.553. The minimum absolute atomic E-state index is 0.124. The monoisotopic (exact) mass is 364 g/mol. The number of epoxide rings is 1. The summed E-state index contributed by atoms with van der Waals surface area (Å²) >= 11 is 0. The zero-order chi connectivity index (χ0) is 19.2. The molecule has 0 radical (unpaired) electrons. The third-order valence-electron chi connectivity index (χ3n) is 8.47. The Morgan fingerprint density at radius 3 is 2.46 bits per heavy atom. The number of rotatable bonds is 2. The lowest BCUT2D eigenvalue weighted by molar-refractivity contribution is -0.211. The molecule has 5 heteroatoms. The van der Waals surface area contributed by atoms with Crippen LogP contribution in [-0.4, -0.2) is 35.9 Å². The summed E-state index contributed by atoms with van der Waals surface area (Å²) in [4.78, 5) is 25.7. The number of esters is 2. The molecule has 0 amide bonds. The van der Waals surface area contributed by atoms with Gasteiger partial charge in [-0.3, -0.25) is 4.79 Å². The molecule has 2 saturated heterocycles. The molecule has 0 spiro atoms. The van der Waals surface area contributed by atoms with Crippen molar-refractivity contribution in [3.63, 3.8) is 0 Å². The summed E-state index contributed by atoms with van der Waals surface area (Å²) in [5.74, 6) is -0.535. The molecule has 2 aliphatic carbocycles. The molecular formula is C21H32O5. The first-order valence-electron chi connectivity index (χ1n) is 10.0. The van der Waals surface area contributed by atoms with E-state index in [1.54, 1.807) is 0 Å². The van der Waals surface area contributed by atoms with E-state index in [0.717, 1.165) is 25.7 Å². The van der Waals surface area contributed by atoms with Crippen molar-refractivity contribution >= 4 is 11.9 Å². The molecule has 2 heterocycles. The Morgan fingerprint density at radius 1 is 1.15 bits per heavy atom. The highest BCUT2D eigenvalue weighted by atomic mass is 16.7. The lowest BCUT2D eigenvalue weighted by Gasteiger charge is -2.59. The van der Waals surface area contributed by atoms with Crippen molar-refractivity contribution < 1.29 is 23.8 Å². The first-order valence-corrected chi connectivity index (χ1v) is 10.0. The van der Waals surface area contributed by atoms with Crippen LogP contribution in [0.25, 0.3) is 0 Å². The third-order valence-corrected chi connectivity index (χ3v) is 8.47. The van der Waals surface area contributed by atoms with Gasteiger partial charge < -0.3 is 14.2 Å². The van der Waals surface area contributed by atoms with Gasteiger partial charge in [0.1, 0.15) is 11.2 Å². The number of fused-ring (bicyclic) bond motifs is 1. The van der Waals surface area contributed by atoms with E-state index in [9.17, 15) is 9.59 Å². The summed E-state index contributed by atoms with van der Waals surface area (Å²) in [7, 11) is 1.37. The van der Waals surface area contributed by atoms with Crippen molar-refractivity contribution in [2.45, 2.75) is 89.9 Å². The Balaban J connectivity index is 1.88. The molecule has 4 aliphatic rings. The molecule has 26 heavy (non-hydrogen) atoms. The fourth-order valence-corrected chi connectivity index (χ4v) is 7.39. The standard InChI is InChI=1S/C21H32O5/c1-13(2)21(16(23)24-6)19-11-8-14-17(3,4)9-7-10-18(14,5)20(19,26-19)12-15(22)25-21/h13-14H,7-12H2,1-6H3/t14?,18-,19-,20+,21?/m0/s1. The van der Waals surface area contributed by atoms with Gasteiger partial charge in [0.15, 0.2) is 0 Å². The third kappa shape index (κ3) is 1.72. The second kappa shape index (κ2) is 5.03. The summed E-state index contributed by atoms with van der Waals surface area (Å²) in [5, 5.41) is 0. The molecule has 0 bridgehead atoms. The molecule has 2 unspecified atom stereocenters. The number of hydrogen-bond acceptors (Lipinski definition) is 5. The zero-order valence-corrected chi connectivity index (χ0v) is 16.9. The predicted molar refractivity (Wildman–Crippen MR) is 95.3 cm³/mol. The van der Waals surface area contributed by atoms with E-state index in [1.807, 2.05) is 13.8 Å². The largest absolute Gasteiger partial charge is 0.466 e. The van der Waals surface area contributed by atoms with Crippen LogP contribution in [0.5, 0.6) is 0 Å². The molecule has 0 N–H and O–H groups in total. The van der Waals surface area contributed by atoms with Gasteiger partial charge in [0, 0.05) is 11.3 Å². The van der Waals surface area contributed by atoms with Crippen LogP contribution in [0.15, 0.2) is 0 Å². The Labute approximate surface area is 156 Å². The number of hydrogen-bond donors (Lipinski definition) is 0. The maximum Gasteiger partial charge on any atom is 0.353 e. The van der Waals surface area contributed by atoms with Gasteiger partial charge >= 0.3 is 11.9 Å². The topological polar surface area (TPSA) is 65.1 Å². The zero-order valence-electron chi connectivity index (χ0n) is 16.9. The van der Waals surface area contributed by atoms with E-state index in [0.29, 0.717) is 5.92 Å². The number of methoxy groups -OCH3 is 1. The van der Waals surface area contributed by atoms with Crippen molar-refractivity contribution in [3.8, 4) is 0 Å². The molecular weight excluding hydrogens is 332 g/mol. The Bertz CT molecular complexity index is 669. The smallest absolute Gasteiger partial charge is 0.353 e. The van der Waals surface area contributed by atoms with E-state index in [1.165, 1.54) is 13.5 Å². The fourth-order valence-electron chi connectivity index (χ4n) is 7.39.